The van der Waals surface area contributed by atoms with E-state index in [1.54, 1.807) is 0 Å². The van der Waals surface area contributed by atoms with Gasteiger partial charge in [-0.3, -0.25) is 0 Å². The minimum absolute atomic E-state index is 0.191. The molecule has 0 aromatic carbocycles. The molecule has 0 aromatic heterocycles. The molecule has 0 spiro atoms. The van der Waals surface area contributed by atoms with Gasteiger partial charge in [0.15, 0.2) is 0 Å². The van der Waals surface area contributed by atoms with E-state index in [4.69, 9.17) is 5.11 Å². The molecule has 0 amide bonds. The average molecular weight is 204 g/mol. The van der Waals surface area contributed by atoms with Gasteiger partial charge in [0.05, 0.1) is 13.2 Å². The summed E-state index contributed by atoms with van der Waals surface area (Å²) in [4.78, 5) is 21.9. The molecule has 82 valence electrons. The Morgan fingerprint density at radius 2 is 1.43 bits per heavy atom. The third-order valence-corrected chi connectivity index (χ3v) is 1.34. The summed E-state index contributed by atoms with van der Waals surface area (Å²) < 4.78 is 9.13. The number of hydrogen-bond acceptors (Lipinski definition) is 5. The largest absolute Gasteiger partial charge is 0.463 e. The Bertz CT molecular complexity index is 170. The molecule has 0 saturated carbocycles. The van der Waals surface area contributed by atoms with Gasteiger partial charge in [-0.15, -0.1) is 0 Å². The fourth-order valence-electron chi connectivity index (χ4n) is 0.659. The topological polar surface area (TPSA) is 72.8 Å². The van der Waals surface area contributed by atoms with Crippen molar-refractivity contribution in [3.8, 4) is 0 Å². The van der Waals surface area contributed by atoms with E-state index < -0.39 is 18.0 Å². The zero-order chi connectivity index (χ0) is 11.0. The molecule has 0 heterocycles. The standard InChI is InChI=1S/C9H16O5/c1-3-5-13-8(11)7(10)9(12)14-6-4-2/h7,10H,3-6H2,1-2H3. The SMILES string of the molecule is CCCOC(=O)C(O)C(=O)OCCC. The van der Waals surface area contributed by atoms with Gasteiger partial charge in [-0.25, -0.2) is 9.59 Å². The molecule has 0 aliphatic carbocycles. The molecule has 1 N–H and O–H groups in total. The molecule has 0 atom stereocenters. The molecule has 5 nitrogen and oxygen atoms in total. The number of esters is 2. The number of carbonyl (C=O) groups is 2. The van der Waals surface area contributed by atoms with Crippen LogP contribution in [0.5, 0.6) is 0 Å². The monoisotopic (exact) mass is 204 g/mol. The number of hydrogen-bond donors (Lipinski definition) is 1. The van der Waals surface area contributed by atoms with Crippen molar-refractivity contribution in [2.75, 3.05) is 13.2 Å². The van der Waals surface area contributed by atoms with Crippen LogP contribution in [0.4, 0.5) is 0 Å². The van der Waals surface area contributed by atoms with Crippen molar-refractivity contribution in [2.45, 2.75) is 32.8 Å². The van der Waals surface area contributed by atoms with Crippen LogP contribution in [-0.4, -0.2) is 36.4 Å². The van der Waals surface area contributed by atoms with Crippen LogP contribution in [0.1, 0.15) is 26.7 Å². The first-order valence-electron chi connectivity index (χ1n) is 4.64. The maximum absolute atomic E-state index is 10.9. The van der Waals surface area contributed by atoms with Crippen LogP contribution in [0, 0.1) is 0 Å². The van der Waals surface area contributed by atoms with Gasteiger partial charge in [0, 0.05) is 0 Å². The minimum atomic E-state index is -1.81. The lowest BCUT2D eigenvalue weighted by Crippen LogP contribution is -2.33. The maximum Gasteiger partial charge on any atom is 0.346 e. The predicted octanol–water partition coefficient (Wildman–Crippen LogP) is 0.254. The lowest BCUT2D eigenvalue weighted by Gasteiger charge is -2.09. The first-order valence-corrected chi connectivity index (χ1v) is 4.64. The van der Waals surface area contributed by atoms with Gasteiger partial charge in [-0.05, 0) is 12.8 Å². The quantitative estimate of drug-likeness (QED) is 0.496. The summed E-state index contributed by atoms with van der Waals surface area (Å²) in [6.45, 7) is 4.01. The van der Waals surface area contributed by atoms with Crippen LogP contribution in [0.25, 0.3) is 0 Å². The van der Waals surface area contributed by atoms with Crippen LogP contribution >= 0.6 is 0 Å². The van der Waals surface area contributed by atoms with E-state index >= 15 is 0 Å². The van der Waals surface area contributed by atoms with E-state index in [1.165, 1.54) is 0 Å². The van der Waals surface area contributed by atoms with Crippen molar-refractivity contribution in [3.63, 3.8) is 0 Å². The summed E-state index contributed by atoms with van der Waals surface area (Å²) in [6, 6.07) is 0. The lowest BCUT2D eigenvalue weighted by atomic mass is 10.3. The highest BCUT2D eigenvalue weighted by Gasteiger charge is 2.26. The highest BCUT2D eigenvalue weighted by atomic mass is 16.6. The molecule has 0 bridgehead atoms. The van der Waals surface area contributed by atoms with Crippen LogP contribution in [0.2, 0.25) is 0 Å². The summed E-state index contributed by atoms with van der Waals surface area (Å²) in [5, 5.41) is 9.09. The Labute approximate surface area is 83.0 Å². The predicted molar refractivity (Wildman–Crippen MR) is 48.5 cm³/mol. The second kappa shape index (κ2) is 7.32. The third kappa shape index (κ3) is 4.81. The summed E-state index contributed by atoms with van der Waals surface area (Å²) in [7, 11) is 0. The number of aliphatic hydroxyl groups is 1. The van der Waals surface area contributed by atoms with E-state index in [1.807, 2.05) is 13.8 Å². The highest BCUT2D eigenvalue weighted by Crippen LogP contribution is 1.95. The Morgan fingerprint density at radius 1 is 1.07 bits per heavy atom. The molecular weight excluding hydrogens is 188 g/mol. The molecule has 0 aliphatic heterocycles. The van der Waals surface area contributed by atoms with Gasteiger partial charge in [-0.2, -0.15) is 0 Å². The van der Waals surface area contributed by atoms with Crippen LogP contribution in [0.3, 0.4) is 0 Å². The van der Waals surface area contributed by atoms with E-state index in [0.717, 1.165) is 0 Å². The first kappa shape index (κ1) is 12.9. The van der Waals surface area contributed by atoms with Crippen molar-refractivity contribution in [1.29, 1.82) is 0 Å². The molecule has 0 saturated heterocycles. The van der Waals surface area contributed by atoms with Crippen molar-refractivity contribution in [2.24, 2.45) is 0 Å². The zero-order valence-electron chi connectivity index (χ0n) is 8.49. The van der Waals surface area contributed by atoms with Gasteiger partial charge in [0.2, 0.25) is 6.10 Å². The van der Waals surface area contributed by atoms with Crippen molar-refractivity contribution >= 4 is 11.9 Å². The minimum Gasteiger partial charge on any atom is -0.463 e. The lowest BCUT2D eigenvalue weighted by molar-refractivity contribution is -0.168. The van der Waals surface area contributed by atoms with Crippen LogP contribution in [0.15, 0.2) is 0 Å². The van der Waals surface area contributed by atoms with Gasteiger partial charge in [-0.1, -0.05) is 13.8 Å². The number of rotatable bonds is 6. The van der Waals surface area contributed by atoms with Gasteiger partial charge in [0.25, 0.3) is 0 Å². The van der Waals surface area contributed by atoms with Crippen molar-refractivity contribution in [1.82, 2.24) is 0 Å². The van der Waals surface area contributed by atoms with E-state index in [0.29, 0.717) is 12.8 Å². The summed E-state index contributed by atoms with van der Waals surface area (Å²) in [5.74, 6) is -1.90. The second-order valence-corrected chi connectivity index (χ2v) is 2.74. The van der Waals surface area contributed by atoms with Crippen LogP contribution < -0.4 is 0 Å². The van der Waals surface area contributed by atoms with Gasteiger partial charge >= 0.3 is 11.9 Å². The van der Waals surface area contributed by atoms with Gasteiger partial charge < -0.3 is 14.6 Å². The van der Waals surface area contributed by atoms with Crippen molar-refractivity contribution in [3.05, 3.63) is 0 Å². The molecule has 0 radical (unpaired) electrons. The van der Waals surface area contributed by atoms with Crippen molar-refractivity contribution < 1.29 is 24.2 Å². The normalized spacial score (nSPS) is 10.0. The Balaban J connectivity index is 3.85. The molecule has 0 aromatic rings. The second-order valence-electron chi connectivity index (χ2n) is 2.74. The van der Waals surface area contributed by atoms with Crippen LogP contribution in [-0.2, 0) is 19.1 Å². The molecule has 0 fully saturated rings. The maximum atomic E-state index is 10.9. The molecular formula is C9H16O5. The summed E-state index contributed by atoms with van der Waals surface area (Å²) in [6.07, 6.45) is -0.529. The molecule has 5 heteroatoms. The molecule has 0 rings (SSSR count). The van der Waals surface area contributed by atoms with Gasteiger partial charge in [0.1, 0.15) is 0 Å². The number of ether oxygens (including phenoxy) is 2. The zero-order valence-corrected chi connectivity index (χ0v) is 8.49. The fraction of sp³-hybridized carbons (Fsp3) is 0.778. The molecule has 0 aliphatic rings. The van der Waals surface area contributed by atoms with E-state index in [2.05, 4.69) is 9.47 Å². The van der Waals surface area contributed by atoms with E-state index in [-0.39, 0.29) is 13.2 Å². The molecule has 0 unspecified atom stereocenters. The smallest absolute Gasteiger partial charge is 0.346 e. The number of aliphatic hydroxyl groups excluding tert-OH is 1. The third-order valence-electron chi connectivity index (χ3n) is 1.34. The Hall–Kier alpha value is -1.10. The first-order chi connectivity index (χ1) is 6.63. The number of carbonyl (C=O) groups excluding carboxylic acids is 2. The van der Waals surface area contributed by atoms with E-state index in [9.17, 15) is 9.59 Å². The Kier molecular flexibility index (Phi) is 6.74. The average Bonchev–Trinajstić information content (AvgIpc) is 2.21. The summed E-state index contributed by atoms with van der Waals surface area (Å²) >= 11 is 0. The Morgan fingerprint density at radius 3 is 1.71 bits per heavy atom. The highest BCUT2D eigenvalue weighted by molar-refractivity contribution is 5.97. The summed E-state index contributed by atoms with van der Waals surface area (Å²) in [5.41, 5.74) is 0. The molecule has 14 heavy (non-hydrogen) atoms. The fourth-order valence-corrected chi connectivity index (χ4v) is 0.659.